The normalized spacial score (nSPS) is 13.7. The second kappa shape index (κ2) is 9.64. The number of benzene rings is 2. The van der Waals surface area contributed by atoms with E-state index in [2.05, 4.69) is 10.4 Å². The third-order valence-corrected chi connectivity index (χ3v) is 5.42. The highest BCUT2D eigenvalue weighted by molar-refractivity contribution is 5.97. The van der Waals surface area contributed by atoms with Crippen LogP contribution in [-0.4, -0.2) is 41.4 Å². The van der Waals surface area contributed by atoms with Gasteiger partial charge in [0.05, 0.1) is 12.8 Å². The lowest BCUT2D eigenvalue weighted by atomic mass is 10.1. The third kappa shape index (κ3) is 4.96. The molecule has 2 aromatic carbocycles. The second-order valence-electron chi connectivity index (χ2n) is 7.67. The number of hydrogen-bond acceptors (Lipinski definition) is 5. The van der Waals surface area contributed by atoms with Gasteiger partial charge in [0.2, 0.25) is 0 Å². The maximum absolute atomic E-state index is 13.3. The van der Waals surface area contributed by atoms with Crippen LogP contribution in [0, 0.1) is 5.82 Å². The molecule has 1 aliphatic carbocycles. The number of nitrogens with one attached hydrogen (secondary N) is 1. The lowest BCUT2D eigenvalue weighted by molar-refractivity contribution is -0.124. The Morgan fingerprint density at radius 2 is 1.91 bits per heavy atom. The van der Waals surface area contributed by atoms with E-state index in [1.54, 1.807) is 43.5 Å². The molecule has 3 aromatic rings. The molecular formula is C24H24FN3O4. The van der Waals surface area contributed by atoms with Crippen molar-refractivity contribution in [2.24, 2.45) is 0 Å². The van der Waals surface area contributed by atoms with Gasteiger partial charge in [0, 0.05) is 17.8 Å². The van der Waals surface area contributed by atoms with Crippen LogP contribution in [0.15, 0.2) is 54.7 Å². The molecule has 0 spiro atoms. The molecule has 0 unspecified atom stereocenters. The Morgan fingerprint density at radius 3 is 2.62 bits per heavy atom. The molecule has 4 rings (SSSR count). The van der Waals surface area contributed by atoms with Crippen LogP contribution in [0.5, 0.6) is 5.75 Å². The molecule has 166 valence electrons. The lowest BCUT2D eigenvalue weighted by Crippen LogP contribution is -2.35. The zero-order chi connectivity index (χ0) is 22.5. The molecule has 1 heterocycles. The standard InChI is InChI=1S/C24H24FN3O4/c1-31-20-8-4-5-16(13-20)23-21(14-28(27-23)19-11-9-17(25)10-12-19)24(30)32-15-22(29)26-18-6-2-3-7-18/h4-5,8-14,18H,2-3,6-7,15H2,1H3,(H,26,29). The molecule has 32 heavy (non-hydrogen) atoms. The second-order valence-corrected chi connectivity index (χ2v) is 7.67. The molecule has 1 N–H and O–H groups in total. The average molecular weight is 437 g/mol. The van der Waals surface area contributed by atoms with E-state index in [4.69, 9.17) is 9.47 Å². The summed E-state index contributed by atoms with van der Waals surface area (Å²) in [6.45, 7) is -0.366. The highest BCUT2D eigenvalue weighted by atomic mass is 19.1. The van der Waals surface area contributed by atoms with Crippen LogP contribution in [0.25, 0.3) is 16.9 Å². The Morgan fingerprint density at radius 1 is 1.16 bits per heavy atom. The van der Waals surface area contributed by atoms with E-state index in [1.807, 2.05) is 0 Å². The number of hydrogen-bond donors (Lipinski definition) is 1. The number of carbonyl (C=O) groups is 2. The fourth-order valence-electron chi connectivity index (χ4n) is 3.78. The lowest BCUT2D eigenvalue weighted by Gasteiger charge is -2.12. The molecule has 8 heteroatoms. The molecule has 1 fully saturated rings. The Balaban J connectivity index is 1.59. The van der Waals surface area contributed by atoms with Gasteiger partial charge < -0.3 is 14.8 Å². The molecule has 0 saturated heterocycles. The number of aromatic nitrogens is 2. The van der Waals surface area contributed by atoms with Gasteiger partial charge in [-0.3, -0.25) is 4.79 Å². The average Bonchev–Trinajstić information content (AvgIpc) is 3.48. The van der Waals surface area contributed by atoms with E-state index >= 15 is 0 Å². The van der Waals surface area contributed by atoms with Crippen molar-refractivity contribution in [3.8, 4) is 22.7 Å². The molecule has 1 aliphatic rings. The predicted octanol–water partition coefficient (Wildman–Crippen LogP) is 3.90. The quantitative estimate of drug-likeness (QED) is 0.567. The number of esters is 1. The molecule has 0 bridgehead atoms. The number of nitrogens with zero attached hydrogens (tertiary/aromatic N) is 2. The Labute approximate surface area is 185 Å². The first-order chi connectivity index (χ1) is 15.5. The summed E-state index contributed by atoms with van der Waals surface area (Å²) in [6, 6.07) is 13.0. The van der Waals surface area contributed by atoms with Crippen LogP contribution in [0.3, 0.4) is 0 Å². The summed E-state index contributed by atoms with van der Waals surface area (Å²) in [7, 11) is 1.55. The van der Waals surface area contributed by atoms with Crippen molar-refractivity contribution < 1.29 is 23.5 Å². The van der Waals surface area contributed by atoms with Gasteiger partial charge in [0.1, 0.15) is 22.8 Å². The summed E-state index contributed by atoms with van der Waals surface area (Å²) in [5.41, 5.74) is 1.78. The number of ether oxygens (including phenoxy) is 2. The number of rotatable bonds is 7. The first-order valence-electron chi connectivity index (χ1n) is 10.5. The highest BCUT2D eigenvalue weighted by Gasteiger charge is 2.22. The summed E-state index contributed by atoms with van der Waals surface area (Å²) < 4.78 is 25.4. The van der Waals surface area contributed by atoms with E-state index in [0.29, 0.717) is 22.7 Å². The third-order valence-electron chi connectivity index (χ3n) is 5.42. The summed E-state index contributed by atoms with van der Waals surface area (Å²) >= 11 is 0. The fourth-order valence-corrected chi connectivity index (χ4v) is 3.78. The van der Waals surface area contributed by atoms with Gasteiger partial charge in [-0.1, -0.05) is 25.0 Å². The van der Waals surface area contributed by atoms with Crippen molar-refractivity contribution in [2.45, 2.75) is 31.7 Å². The Kier molecular flexibility index (Phi) is 6.49. The van der Waals surface area contributed by atoms with Crippen molar-refractivity contribution >= 4 is 11.9 Å². The van der Waals surface area contributed by atoms with Crippen LogP contribution >= 0.6 is 0 Å². The zero-order valence-electron chi connectivity index (χ0n) is 17.7. The highest BCUT2D eigenvalue weighted by Crippen LogP contribution is 2.27. The number of amides is 1. The van der Waals surface area contributed by atoms with E-state index in [1.165, 1.54) is 23.0 Å². The fraction of sp³-hybridized carbons (Fsp3) is 0.292. The smallest absolute Gasteiger partial charge is 0.342 e. The molecule has 1 saturated carbocycles. The minimum absolute atomic E-state index is 0.148. The molecule has 0 atom stereocenters. The van der Waals surface area contributed by atoms with E-state index < -0.39 is 5.97 Å². The van der Waals surface area contributed by atoms with Gasteiger partial charge in [0.15, 0.2) is 6.61 Å². The molecule has 0 radical (unpaired) electrons. The topological polar surface area (TPSA) is 82.5 Å². The van der Waals surface area contributed by atoms with E-state index in [0.717, 1.165) is 25.7 Å². The van der Waals surface area contributed by atoms with Crippen molar-refractivity contribution in [1.82, 2.24) is 15.1 Å². The SMILES string of the molecule is COc1cccc(-c2nn(-c3ccc(F)cc3)cc2C(=O)OCC(=O)NC2CCCC2)c1. The summed E-state index contributed by atoms with van der Waals surface area (Å²) in [5, 5.41) is 7.42. The van der Waals surface area contributed by atoms with Crippen LogP contribution in [-0.2, 0) is 9.53 Å². The van der Waals surface area contributed by atoms with Gasteiger partial charge in [-0.15, -0.1) is 0 Å². The van der Waals surface area contributed by atoms with E-state index in [9.17, 15) is 14.0 Å². The number of carbonyl (C=O) groups excluding carboxylic acids is 2. The molecule has 7 nitrogen and oxygen atoms in total. The van der Waals surface area contributed by atoms with Gasteiger partial charge >= 0.3 is 5.97 Å². The Hall–Kier alpha value is -3.68. The molecular weight excluding hydrogens is 413 g/mol. The summed E-state index contributed by atoms with van der Waals surface area (Å²) in [5.74, 6) is -0.757. The van der Waals surface area contributed by atoms with Crippen molar-refractivity contribution in [2.75, 3.05) is 13.7 Å². The molecule has 1 aromatic heterocycles. The first kappa shape index (κ1) is 21.5. The first-order valence-corrected chi connectivity index (χ1v) is 10.5. The van der Waals surface area contributed by atoms with Gasteiger partial charge in [0.25, 0.3) is 5.91 Å². The van der Waals surface area contributed by atoms with Gasteiger partial charge in [-0.25, -0.2) is 13.9 Å². The maximum atomic E-state index is 13.3. The predicted molar refractivity (Wildman–Crippen MR) is 116 cm³/mol. The van der Waals surface area contributed by atoms with Crippen LogP contribution < -0.4 is 10.1 Å². The number of halogens is 1. The summed E-state index contributed by atoms with van der Waals surface area (Å²) in [4.78, 5) is 25.1. The number of methoxy groups -OCH3 is 1. The minimum atomic E-state index is -0.669. The monoisotopic (exact) mass is 437 g/mol. The summed E-state index contributed by atoms with van der Waals surface area (Å²) in [6.07, 6.45) is 5.60. The van der Waals surface area contributed by atoms with Crippen LogP contribution in [0.4, 0.5) is 4.39 Å². The van der Waals surface area contributed by atoms with Crippen LogP contribution in [0.2, 0.25) is 0 Å². The molecule has 0 aliphatic heterocycles. The van der Waals surface area contributed by atoms with E-state index in [-0.39, 0.29) is 29.9 Å². The van der Waals surface area contributed by atoms with Gasteiger partial charge in [-0.05, 0) is 49.2 Å². The largest absolute Gasteiger partial charge is 0.497 e. The van der Waals surface area contributed by atoms with Crippen LogP contribution in [0.1, 0.15) is 36.0 Å². The van der Waals surface area contributed by atoms with Crippen molar-refractivity contribution in [1.29, 1.82) is 0 Å². The zero-order valence-corrected chi connectivity index (χ0v) is 17.7. The maximum Gasteiger partial charge on any atom is 0.342 e. The minimum Gasteiger partial charge on any atom is -0.497 e. The van der Waals surface area contributed by atoms with Crippen molar-refractivity contribution in [3.63, 3.8) is 0 Å². The molecule has 1 amide bonds. The Bertz CT molecular complexity index is 1100. The van der Waals surface area contributed by atoms with Gasteiger partial charge in [-0.2, -0.15) is 5.10 Å². The van der Waals surface area contributed by atoms with Crippen molar-refractivity contribution in [3.05, 3.63) is 66.1 Å².